The maximum absolute atomic E-state index is 4.43. The summed E-state index contributed by atoms with van der Waals surface area (Å²) < 4.78 is 3.16. The van der Waals surface area contributed by atoms with Crippen molar-refractivity contribution in [1.29, 1.82) is 0 Å². The monoisotopic (exact) mass is 335 g/mol. The van der Waals surface area contributed by atoms with Crippen molar-refractivity contribution in [3.05, 3.63) is 52.3 Å². The summed E-state index contributed by atoms with van der Waals surface area (Å²) in [5.41, 5.74) is 2.58. The van der Waals surface area contributed by atoms with Crippen LogP contribution in [0.2, 0.25) is 0 Å². The lowest BCUT2D eigenvalue weighted by molar-refractivity contribution is 0.477. The molecule has 0 fully saturated rings. The lowest BCUT2D eigenvalue weighted by Gasteiger charge is -2.20. The van der Waals surface area contributed by atoms with E-state index in [2.05, 4.69) is 75.2 Å². The maximum Gasteiger partial charge on any atom is 0.0698 e. The molecule has 0 bridgehead atoms. The molecule has 0 radical (unpaired) electrons. The predicted molar refractivity (Wildman–Crippen MR) is 86.8 cm³/mol. The molecule has 0 amide bonds. The van der Waals surface area contributed by atoms with E-state index >= 15 is 0 Å². The van der Waals surface area contributed by atoms with E-state index in [0.29, 0.717) is 0 Å². The van der Waals surface area contributed by atoms with E-state index in [0.717, 1.165) is 30.4 Å². The molecule has 1 heterocycles. The summed E-state index contributed by atoms with van der Waals surface area (Å²) in [5, 5.41) is 8.08. The SMILES string of the molecule is CCCNC(Cc1ccccc1)c1c(Br)cnn1CC. The molecule has 0 saturated heterocycles. The Morgan fingerprint density at radius 2 is 2.00 bits per heavy atom. The van der Waals surface area contributed by atoms with Crippen LogP contribution in [-0.2, 0) is 13.0 Å². The molecule has 2 aromatic rings. The van der Waals surface area contributed by atoms with E-state index in [1.807, 2.05) is 6.20 Å². The normalized spacial score (nSPS) is 12.6. The average molecular weight is 336 g/mol. The molecular formula is C16H22BrN3. The van der Waals surface area contributed by atoms with Crippen molar-refractivity contribution in [1.82, 2.24) is 15.1 Å². The quantitative estimate of drug-likeness (QED) is 0.830. The van der Waals surface area contributed by atoms with Crippen LogP contribution in [0.1, 0.15) is 37.6 Å². The number of benzene rings is 1. The van der Waals surface area contributed by atoms with Gasteiger partial charge in [0, 0.05) is 6.54 Å². The molecular weight excluding hydrogens is 314 g/mol. The molecule has 0 aliphatic carbocycles. The van der Waals surface area contributed by atoms with E-state index in [1.165, 1.54) is 11.3 Å². The van der Waals surface area contributed by atoms with Gasteiger partial charge in [-0.1, -0.05) is 37.3 Å². The molecule has 3 nitrogen and oxygen atoms in total. The van der Waals surface area contributed by atoms with Crippen LogP contribution in [0.5, 0.6) is 0 Å². The highest BCUT2D eigenvalue weighted by Crippen LogP contribution is 2.26. The minimum Gasteiger partial charge on any atom is -0.308 e. The first-order chi connectivity index (χ1) is 9.76. The number of nitrogens with zero attached hydrogens (tertiary/aromatic N) is 2. The molecule has 0 aliphatic rings. The van der Waals surface area contributed by atoms with Crippen LogP contribution < -0.4 is 5.32 Å². The minimum atomic E-state index is 0.286. The smallest absolute Gasteiger partial charge is 0.0698 e. The largest absolute Gasteiger partial charge is 0.308 e. The van der Waals surface area contributed by atoms with Gasteiger partial charge in [0.15, 0.2) is 0 Å². The van der Waals surface area contributed by atoms with Gasteiger partial charge in [0.2, 0.25) is 0 Å². The fourth-order valence-electron chi connectivity index (χ4n) is 2.40. The van der Waals surface area contributed by atoms with Crippen LogP contribution in [-0.4, -0.2) is 16.3 Å². The summed E-state index contributed by atoms with van der Waals surface area (Å²) in [7, 11) is 0. The van der Waals surface area contributed by atoms with Crippen LogP contribution in [0.4, 0.5) is 0 Å². The van der Waals surface area contributed by atoms with Crippen molar-refractivity contribution in [3.8, 4) is 0 Å². The summed E-state index contributed by atoms with van der Waals surface area (Å²) in [6.07, 6.45) is 4.00. The zero-order valence-corrected chi connectivity index (χ0v) is 13.7. The number of halogens is 1. The first-order valence-electron chi connectivity index (χ1n) is 7.24. The third-order valence-corrected chi connectivity index (χ3v) is 4.00. The summed E-state index contributed by atoms with van der Waals surface area (Å²) >= 11 is 3.64. The van der Waals surface area contributed by atoms with Crippen molar-refractivity contribution >= 4 is 15.9 Å². The predicted octanol–water partition coefficient (Wildman–Crippen LogP) is 3.95. The van der Waals surface area contributed by atoms with Crippen molar-refractivity contribution in [2.75, 3.05) is 6.54 Å². The zero-order valence-electron chi connectivity index (χ0n) is 12.1. The zero-order chi connectivity index (χ0) is 14.4. The minimum absolute atomic E-state index is 0.286. The Labute approximate surface area is 129 Å². The van der Waals surface area contributed by atoms with Crippen molar-refractivity contribution in [2.24, 2.45) is 0 Å². The highest BCUT2D eigenvalue weighted by molar-refractivity contribution is 9.10. The van der Waals surface area contributed by atoms with Gasteiger partial charge in [-0.15, -0.1) is 0 Å². The van der Waals surface area contributed by atoms with Crippen LogP contribution in [0, 0.1) is 0 Å². The summed E-state index contributed by atoms with van der Waals surface area (Å²) in [6.45, 7) is 6.22. The molecule has 1 aromatic carbocycles. The van der Waals surface area contributed by atoms with E-state index in [-0.39, 0.29) is 6.04 Å². The summed E-state index contributed by atoms with van der Waals surface area (Å²) in [6, 6.07) is 10.9. The van der Waals surface area contributed by atoms with Gasteiger partial charge < -0.3 is 5.32 Å². The van der Waals surface area contributed by atoms with Gasteiger partial charge in [0.1, 0.15) is 0 Å². The van der Waals surface area contributed by atoms with E-state index in [9.17, 15) is 0 Å². The van der Waals surface area contributed by atoms with E-state index in [1.54, 1.807) is 0 Å². The summed E-state index contributed by atoms with van der Waals surface area (Å²) in [4.78, 5) is 0. The Kier molecular flexibility index (Phi) is 5.80. The summed E-state index contributed by atoms with van der Waals surface area (Å²) in [5.74, 6) is 0. The van der Waals surface area contributed by atoms with Gasteiger partial charge >= 0.3 is 0 Å². The second-order valence-electron chi connectivity index (χ2n) is 4.89. The lowest BCUT2D eigenvalue weighted by atomic mass is 10.0. The second-order valence-corrected chi connectivity index (χ2v) is 5.74. The Bertz CT molecular complexity index is 522. The standard InChI is InChI=1S/C16H22BrN3/c1-3-10-18-15(11-13-8-6-5-7-9-13)16-14(17)12-19-20(16)4-2/h5-9,12,15,18H,3-4,10-11H2,1-2H3. The molecule has 1 N–H and O–H groups in total. The van der Waals surface area contributed by atoms with Gasteiger partial charge in [-0.05, 0) is 47.8 Å². The molecule has 2 rings (SSSR count). The van der Waals surface area contributed by atoms with Crippen LogP contribution >= 0.6 is 15.9 Å². The first kappa shape index (κ1) is 15.3. The number of hydrogen-bond donors (Lipinski definition) is 1. The first-order valence-corrected chi connectivity index (χ1v) is 8.04. The van der Waals surface area contributed by atoms with Crippen LogP contribution in [0.15, 0.2) is 41.0 Å². The Balaban J connectivity index is 2.24. The third kappa shape index (κ3) is 3.70. The topological polar surface area (TPSA) is 29.9 Å². The molecule has 0 spiro atoms. The van der Waals surface area contributed by atoms with Gasteiger partial charge in [-0.25, -0.2) is 0 Å². The number of aryl methyl sites for hydroxylation is 1. The number of aromatic nitrogens is 2. The van der Waals surface area contributed by atoms with E-state index in [4.69, 9.17) is 0 Å². The van der Waals surface area contributed by atoms with Crippen molar-refractivity contribution in [2.45, 2.75) is 39.3 Å². The van der Waals surface area contributed by atoms with Crippen molar-refractivity contribution < 1.29 is 0 Å². The molecule has 0 aliphatic heterocycles. The Morgan fingerprint density at radius 1 is 1.25 bits per heavy atom. The fraction of sp³-hybridized carbons (Fsp3) is 0.438. The van der Waals surface area contributed by atoms with Crippen LogP contribution in [0.25, 0.3) is 0 Å². The van der Waals surface area contributed by atoms with Gasteiger partial charge in [0.25, 0.3) is 0 Å². The maximum atomic E-state index is 4.43. The third-order valence-electron chi connectivity index (χ3n) is 3.39. The number of rotatable bonds is 7. The molecule has 1 unspecified atom stereocenters. The fourth-order valence-corrected chi connectivity index (χ4v) is 2.98. The highest BCUT2D eigenvalue weighted by Gasteiger charge is 2.19. The number of hydrogen-bond acceptors (Lipinski definition) is 2. The van der Waals surface area contributed by atoms with Crippen LogP contribution in [0.3, 0.4) is 0 Å². The molecule has 0 saturated carbocycles. The molecule has 4 heteroatoms. The Morgan fingerprint density at radius 3 is 2.65 bits per heavy atom. The number of nitrogens with one attached hydrogen (secondary N) is 1. The second kappa shape index (κ2) is 7.60. The Hall–Kier alpha value is -1.13. The molecule has 20 heavy (non-hydrogen) atoms. The molecule has 1 aromatic heterocycles. The molecule has 1 atom stereocenters. The van der Waals surface area contributed by atoms with Gasteiger partial charge in [-0.2, -0.15) is 5.10 Å². The van der Waals surface area contributed by atoms with Crippen molar-refractivity contribution in [3.63, 3.8) is 0 Å². The lowest BCUT2D eigenvalue weighted by Crippen LogP contribution is -2.27. The molecule has 108 valence electrons. The van der Waals surface area contributed by atoms with Gasteiger partial charge in [-0.3, -0.25) is 4.68 Å². The van der Waals surface area contributed by atoms with Gasteiger partial charge in [0.05, 0.1) is 22.4 Å². The highest BCUT2D eigenvalue weighted by atomic mass is 79.9. The average Bonchev–Trinajstić information content (AvgIpc) is 2.85. The van der Waals surface area contributed by atoms with E-state index < -0.39 is 0 Å².